The second-order valence-corrected chi connectivity index (χ2v) is 5.89. The van der Waals surface area contributed by atoms with E-state index in [9.17, 15) is 10.0 Å². The lowest BCUT2D eigenvalue weighted by molar-refractivity contribution is -0.0811. The Morgan fingerprint density at radius 1 is 1.36 bits per heavy atom. The zero-order valence-electron chi connectivity index (χ0n) is 14.2. The van der Waals surface area contributed by atoms with Crippen LogP contribution in [-0.2, 0) is 0 Å². The minimum absolute atomic E-state index is 0.480. The molecular formula is C19H20N4O2. The summed E-state index contributed by atoms with van der Waals surface area (Å²) in [6.45, 7) is 7.81. The highest BCUT2D eigenvalue weighted by atomic mass is 16.5. The molecule has 0 fully saturated rings. The molecule has 2 amide bonds. The SMILES string of the molecule is C=CC(N(O)C(N)=O)n1c(-c2cccnc2)c(C)c2c(C)cccc21. The maximum atomic E-state index is 11.6. The Balaban J connectivity index is 2.42. The molecule has 1 aromatic carbocycles. The van der Waals surface area contributed by atoms with Crippen LogP contribution in [0.4, 0.5) is 4.79 Å². The van der Waals surface area contributed by atoms with Crippen molar-refractivity contribution in [1.82, 2.24) is 14.6 Å². The lowest BCUT2D eigenvalue weighted by Crippen LogP contribution is -2.38. The second-order valence-electron chi connectivity index (χ2n) is 5.89. The van der Waals surface area contributed by atoms with E-state index in [0.29, 0.717) is 5.06 Å². The van der Waals surface area contributed by atoms with Crippen LogP contribution in [-0.4, -0.2) is 25.9 Å². The fourth-order valence-electron chi connectivity index (χ4n) is 3.34. The van der Waals surface area contributed by atoms with Crippen LogP contribution >= 0.6 is 0 Å². The van der Waals surface area contributed by atoms with Crippen LogP contribution in [0, 0.1) is 13.8 Å². The summed E-state index contributed by atoms with van der Waals surface area (Å²) in [5, 5.41) is 11.7. The van der Waals surface area contributed by atoms with Crippen molar-refractivity contribution in [1.29, 1.82) is 0 Å². The van der Waals surface area contributed by atoms with E-state index in [4.69, 9.17) is 5.73 Å². The molecular weight excluding hydrogens is 316 g/mol. The van der Waals surface area contributed by atoms with Crippen molar-refractivity contribution in [3.63, 3.8) is 0 Å². The third-order valence-electron chi connectivity index (χ3n) is 4.37. The number of nitrogens with two attached hydrogens (primary N) is 1. The number of carbonyl (C=O) groups excluding carboxylic acids is 1. The average molecular weight is 336 g/mol. The van der Waals surface area contributed by atoms with E-state index in [1.54, 1.807) is 12.4 Å². The molecule has 2 heterocycles. The highest BCUT2D eigenvalue weighted by Gasteiger charge is 2.26. The van der Waals surface area contributed by atoms with E-state index >= 15 is 0 Å². The first-order valence-corrected chi connectivity index (χ1v) is 7.88. The van der Waals surface area contributed by atoms with Gasteiger partial charge in [-0.25, -0.2) is 4.79 Å². The quantitative estimate of drug-likeness (QED) is 0.432. The smallest absolute Gasteiger partial charge is 0.340 e. The van der Waals surface area contributed by atoms with Crippen molar-refractivity contribution in [3.05, 3.63) is 66.5 Å². The van der Waals surface area contributed by atoms with Gasteiger partial charge in [0.05, 0.1) is 11.2 Å². The summed E-state index contributed by atoms with van der Waals surface area (Å²) >= 11 is 0. The van der Waals surface area contributed by atoms with Crippen LogP contribution in [0.5, 0.6) is 0 Å². The molecule has 1 unspecified atom stereocenters. The number of primary amides is 1. The van der Waals surface area contributed by atoms with Gasteiger partial charge in [-0.15, -0.1) is 0 Å². The largest absolute Gasteiger partial charge is 0.350 e. The molecule has 0 aliphatic rings. The van der Waals surface area contributed by atoms with Crippen LogP contribution in [0.1, 0.15) is 17.3 Å². The van der Waals surface area contributed by atoms with E-state index in [1.165, 1.54) is 6.08 Å². The first-order chi connectivity index (χ1) is 12.0. The fourth-order valence-corrected chi connectivity index (χ4v) is 3.34. The topological polar surface area (TPSA) is 84.4 Å². The Kier molecular flexibility index (Phi) is 4.29. The number of nitrogens with zero attached hydrogens (tertiary/aromatic N) is 3. The normalized spacial score (nSPS) is 12.1. The van der Waals surface area contributed by atoms with Crippen molar-refractivity contribution in [2.45, 2.75) is 20.0 Å². The number of pyridine rings is 1. The van der Waals surface area contributed by atoms with E-state index in [1.807, 2.05) is 48.7 Å². The summed E-state index contributed by atoms with van der Waals surface area (Å²) in [6, 6.07) is 8.74. The molecule has 3 aromatic rings. The number of hydrogen-bond donors (Lipinski definition) is 2. The average Bonchev–Trinajstić information content (AvgIpc) is 2.90. The zero-order valence-corrected chi connectivity index (χ0v) is 14.2. The van der Waals surface area contributed by atoms with Crippen molar-refractivity contribution in [2.24, 2.45) is 5.73 Å². The number of aryl methyl sites for hydroxylation is 2. The van der Waals surface area contributed by atoms with E-state index < -0.39 is 12.2 Å². The number of aromatic nitrogens is 2. The molecule has 0 saturated heterocycles. The number of fused-ring (bicyclic) bond motifs is 1. The lowest BCUT2D eigenvalue weighted by atomic mass is 10.0. The molecule has 1 atom stereocenters. The van der Waals surface area contributed by atoms with E-state index in [0.717, 1.165) is 33.3 Å². The van der Waals surface area contributed by atoms with Crippen LogP contribution in [0.25, 0.3) is 22.2 Å². The van der Waals surface area contributed by atoms with Gasteiger partial charge in [-0.1, -0.05) is 18.7 Å². The first-order valence-electron chi connectivity index (χ1n) is 7.88. The molecule has 6 nitrogen and oxygen atoms in total. The summed E-state index contributed by atoms with van der Waals surface area (Å²) in [6.07, 6.45) is 4.08. The predicted octanol–water partition coefficient (Wildman–Crippen LogP) is 3.77. The van der Waals surface area contributed by atoms with Crippen molar-refractivity contribution < 1.29 is 10.0 Å². The minimum atomic E-state index is -0.950. The molecule has 0 aliphatic carbocycles. The summed E-state index contributed by atoms with van der Waals surface area (Å²) in [5.41, 5.74) is 10.0. The van der Waals surface area contributed by atoms with Gasteiger partial charge in [-0.05, 0) is 49.2 Å². The molecule has 0 aliphatic heterocycles. The Hall–Kier alpha value is -3.12. The molecule has 0 spiro atoms. The van der Waals surface area contributed by atoms with Gasteiger partial charge in [0.1, 0.15) is 0 Å². The Morgan fingerprint density at radius 3 is 2.72 bits per heavy atom. The first kappa shape index (κ1) is 16.7. The summed E-state index contributed by atoms with van der Waals surface area (Å²) in [4.78, 5) is 15.7. The highest BCUT2D eigenvalue weighted by Crippen LogP contribution is 2.38. The van der Waals surface area contributed by atoms with Crippen LogP contribution in [0.2, 0.25) is 0 Å². The number of hydrogen-bond acceptors (Lipinski definition) is 3. The van der Waals surface area contributed by atoms with Gasteiger partial charge in [0.15, 0.2) is 6.17 Å². The van der Waals surface area contributed by atoms with Crippen molar-refractivity contribution in [3.8, 4) is 11.3 Å². The van der Waals surface area contributed by atoms with Crippen LogP contribution in [0.15, 0.2) is 55.4 Å². The molecule has 128 valence electrons. The molecule has 3 rings (SSSR count). The van der Waals surface area contributed by atoms with Crippen LogP contribution in [0.3, 0.4) is 0 Å². The third-order valence-corrected chi connectivity index (χ3v) is 4.37. The monoisotopic (exact) mass is 336 g/mol. The number of rotatable bonds is 4. The Labute approximate surface area is 145 Å². The number of carbonyl (C=O) groups is 1. The molecule has 6 heteroatoms. The van der Waals surface area contributed by atoms with E-state index in [2.05, 4.69) is 11.6 Å². The van der Waals surface area contributed by atoms with Gasteiger partial charge < -0.3 is 10.3 Å². The lowest BCUT2D eigenvalue weighted by Gasteiger charge is -2.26. The number of hydroxylamine groups is 2. The van der Waals surface area contributed by atoms with Gasteiger partial charge in [0.2, 0.25) is 0 Å². The van der Waals surface area contributed by atoms with Gasteiger partial charge in [-0.3, -0.25) is 10.2 Å². The Bertz CT molecular complexity index is 947. The third kappa shape index (κ3) is 2.66. The maximum absolute atomic E-state index is 11.6. The standard InChI is InChI=1S/C19H20N4O2/c1-4-16(23(25)19(20)24)22-15-9-5-7-12(2)17(15)13(3)18(22)14-8-6-10-21-11-14/h4-11,16,25H,1H2,2-3H3,(H2,20,24). The molecule has 2 aromatic heterocycles. The maximum Gasteiger partial charge on any atom is 0.340 e. The highest BCUT2D eigenvalue weighted by molar-refractivity contribution is 5.94. The predicted molar refractivity (Wildman–Crippen MR) is 97.1 cm³/mol. The molecule has 25 heavy (non-hydrogen) atoms. The number of benzene rings is 1. The van der Waals surface area contributed by atoms with Gasteiger partial charge in [-0.2, -0.15) is 5.06 Å². The van der Waals surface area contributed by atoms with Gasteiger partial charge in [0.25, 0.3) is 0 Å². The fraction of sp³-hybridized carbons (Fsp3) is 0.158. The molecule has 0 bridgehead atoms. The summed E-state index contributed by atoms with van der Waals surface area (Å²) < 4.78 is 1.85. The second kappa shape index (κ2) is 6.41. The van der Waals surface area contributed by atoms with Gasteiger partial charge >= 0.3 is 6.03 Å². The zero-order chi connectivity index (χ0) is 18.1. The summed E-state index contributed by atoms with van der Waals surface area (Å²) in [7, 11) is 0. The molecule has 0 saturated carbocycles. The van der Waals surface area contributed by atoms with Gasteiger partial charge in [0, 0.05) is 23.3 Å². The van der Waals surface area contributed by atoms with E-state index in [-0.39, 0.29) is 0 Å². The number of amides is 2. The molecule has 0 radical (unpaired) electrons. The number of urea groups is 1. The summed E-state index contributed by atoms with van der Waals surface area (Å²) in [5.74, 6) is 0. The van der Waals surface area contributed by atoms with Crippen molar-refractivity contribution in [2.75, 3.05) is 0 Å². The van der Waals surface area contributed by atoms with Crippen LogP contribution < -0.4 is 5.73 Å². The molecule has 3 N–H and O–H groups in total. The Morgan fingerprint density at radius 2 is 2.12 bits per heavy atom. The minimum Gasteiger partial charge on any atom is -0.350 e. The van der Waals surface area contributed by atoms with Crippen molar-refractivity contribution >= 4 is 16.9 Å².